The Morgan fingerprint density at radius 2 is 2.06 bits per heavy atom. The van der Waals surface area contributed by atoms with E-state index in [1.54, 1.807) is 6.07 Å². The summed E-state index contributed by atoms with van der Waals surface area (Å²) in [5, 5.41) is 9.96. The Morgan fingerprint density at radius 3 is 2.59 bits per heavy atom. The van der Waals surface area contributed by atoms with Crippen LogP contribution in [-0.4, -0.2) is 30.7 Å². The van der Waals surface area contributed by atoms with Crippen molar-refractivity contribution in [2.75, 3.05) is 20.7 Å². The molecular formula is C13H20ClNO2. The van der Waals surface area contributed by atoms with Crippen LogP contribution in [0.4, 0.5) is 0 Å². The molecule has 96 valence electrons. The number of benzene rings is 1. The van der Waals surface area contributed by atoms with Crippen molar-refractivity contribution in [1.29, 1.82) is 0 Å². The van der Waals surface area contributed by atoms with Gasteiger partial charge < -0.3 is 14.7 Å². The number of methoxy groups -OCH3 is 1. The zero-order valence-electron chi connectivity index (χ0n) is 10.8. The third-order valence-corrected chi connectivity index (χ3v) is 2.73. The molecule has 0 atom stereocenters. The Bertz CT molecular complexity index is 380. The Morgan fingerprint density at radius 1 is 1.41 bits per heavy atom. The predicted molar refractivity (Wildman–Crippen MR) is 70.8 cm³/mol. The molecule has 1 aromatic rings. The molecule has 0 aliphatic rings. The van der Waals surface area contributed by atoms with E-state index in [1.165, 1.54) is 7.11 Å². The summed E-state index contributed by atoms with van der Waals surface area (Å²) in [7, 11) is 3.58. The quantitative estimate of drug-likeness (QED) is 0.880. The third kappa shape index (κ3) is 4.10. The van der Waals surface area contributed by atoms with Crippen molar-refractivity contribution in [1.82, 2.24) is 4.90 Å². The molecule has 0 bridgehead atoms. The first kappa shape index (κ1) is 14.1. The van der Waals surface area contributed by atoms with E-state index >= 15 is 0 Å². The van der Waals surface area contributed by atoms with E-state index in [0.717, 1.165) is 18.7 Å². The molecule has 0 fully saturated rings. The van der Waals surface area contributed by atoms with Gasteiger partial charge in [0, 0.05) is 13.1 Å². The van der Waals surface area contributed by atoms with Gasteiger partial charge in [-0.3, -0.25) is 0 Å². The highest BCUT2D eigenvalue weighted by Gasteiger charge is 2.10. The van der Waals surface area contributed by atoms with Crippen LogP contribution in [0.2, 0.25) is 5.02 Å². The lowest BCUT2D eigenvalue weighted by Gasteiger charge is -2.19. The average Bonchev–Trinajstić information content (AvgIpc) is 2.21. The van der Waals surface area contributed by atoms with Crippen LogP contribution in [0.15, 0.2) is 12.1 Å². The van der Waals surface area contributed by atoms with Crippen LogP contribution < -0.4 is 4.74 Å². The van der Waals surface area contributed by atoms with E-state index in [9.17, 15) is 5.11 Å². The number of hydrogen-bond donors (Lipinski definition) is 1. The van der Waals surface area contributed by atoms with Crippen molar-refractivity contribution in [2.45, 2.75) is 20.4 Å². The summed E-state index contributed by atoms with van der Waals surface area (Å²) in [5.41, 5.74) is 1.04. The molecule has 0 amide bonds. The molecule has 1 rings (SSSR count). The second-order valence-electron chi connectivity index (χ2n) is 4.72. The normalized spacial score (nSPS) is 11.2. The minimum Gasteiger partial charge on any atom is -0.503 e. The summed E-state index contributed by atoms with van der Waals surface area (Å²) in [6.07, 6.45) is 0. The van der Waals surface area contributed by atoms with Gasteiger partial charge in [-0.2, -0.15) is 0 Å². The fraction of sp³-hybridized carbons (Fsp3) is 0.538. The van der Waals surface area contributed by atoms with Gasteiger partial charge in [0.2, 0.25) is 0 Å². The van der Waals surface area contributed by atoms with E-state index in [0.29, 0.717) is 16.7 Å². The molecule has 0 radical (unpaired) electrons. The number of hydrogen-bond acceptors (Lipinski definition) is 3. The van der Waals surface area contributed by atoms with Gasteiger partial charge in [-0.1, -0.05) is 25.4 Å². The minimum atomic E-state index is 0.00410. The summed E-state index contributed by atoms with van der Waals surface area (Å²) < 4.78 is 5.08. The van der Waals surface area contributed by atoms with Crippen LogP contribution in [0, 0.1) is 5.92 Å². The zero-order valence-corrected chi connectivity index (χ0v) is 11.6. The van der Waals surface area contributed by atoms with Gasteiger partial charge in [0.1, 0.15) is 0 Å². The maximum atomic E-state index is 9.63. The van der Waals surface area contributed by atoms with E-state index < -0.39 is 0 Å². The zero-order chi connectivity index (χ0) is 13.0. The number of rotatable bonds is 5. The lowest BCUT2D eigenvalue weighted by atomic mass is 10.1. The number of ether oxygens (including phenoxy) is 1. The van der Waals surface area contributed by atoms with E-state index in [4.69, 9.17) is 16.3 Å². The number of halogens is 1. The number of aromatic hydroxyl groups is 1. The van der Waals surface area contributed by atoms with E-state index in [2.05, 4.69) is 25.8 Å². The molecule has 0 saturated heterocycles. The summed E-state index contributed by atoms with van der Waals surface area (Å²) in [4.78, 5) is 2.22. The molecule has 0 saturated carbocycles. The van der Waals surface area contributed by atoms with Gasteiger partial charge in [-0.05, 0) is 30.7 Å². The topological polar surface area (TPSA) is 32.7 Å². The third-order valence-electron chi connectivity index (χ3n) is 2.44. The molecule has 0 aromatic heterocycles. The van der Waals surface area contributed by atoms with Crippen molar-refractivity contribution >= 4 is 11.6 Å². The molecule has 0 aliphatic heterocycles. The van der Waals surface area contributed by atoms with Gasteiger partial charge in [0.25, 0.3) is 0 Å². The summed E-state index contributed by atoms with van der Waals surface area (Å²) in [5.74, 6) is 1.05. The number of nitrogens with zero attached hydrogens (tertiary/aromatic N) is 1. The van der Waals surface area contributed by atoms with Crippen LogP contribution in [0.1, 0.15) is 19.4 Å². The molecule has 1 aromatic carbocycles. The monoisotopic (exact) mass is 257 g/mol. The number of phenols is 1. The van der Waals surface area contributed by atoms with Gasteiger partial charge in [-0.25, -0.2) is 0 Å². The van der Waals surface area contributed by atoms with Gasteiger partial charge >= 0.3 is 0 Å². The van der Waals surface area contributed by atoms with Crippen molar-refractivity contribution in [3.05, 3.63) is 22.7 Å². The summed E-state index contributed by atoms with van der Waals surface area (Å²) >= 11 is 5.94. The van der Waals surface area contributed by atoms with Crippen molar-refractivity contribution in [2.24, 2.45) is 5.92 Å². The maximum absolute atomic E-state index is 9.63. The first-order valence-corrected chi connectivity index (χ1v) is 6.05. The Labute approximate surface area is 108 Å². The molecule has 0 spiro atoms. The molecule has 1 N–H and O–H groups in total. The lowest BCUT2D eigenvalue weighted by Crippen LogP contribution is -2.22. The maximum Gasteiger partial charge on any atom is 0.176 e. The molecule has 4 heteroatoms. The molecule has 0 unspecified atom stereocenters. The molecule has 0 heterocycles. The highest BCUT2D eigenvalue weighted by molar-refractivity contribution is 6.32. The van der Waals surface area contributed by atoms with Crippen LogP contribution >= 0.6 is 11.6 Å². The SMILES string of the molecule is COc1cc(CN(C)CC(C)C)cc(Cl)c1O. The van der Waals surface area contributed by atoms with Gasteiger partial charge in [0.05, 0.1) is 12.1 Å². The van der Waals surface area contributed by atoms with Crippen LogP contribution in [-0.2, 0) is 6.54 Å². The molecule has 3 nitrogen and oxygen atoms in total. The van der Waals surface area contributed by atoms with Gasteiger partial charge in [-0.15, -0.1) is 0 Å². The van der Waals surface area contributed by atoms with Crippen LogP contribution in [0.5, 0.6) is 11.5 Å². The molecular weight excluding hydrogens is 238 g/mol. The first-order valence-electron chi connectivity index (χ1n) is 5.68. The standard InChI is InChI=1S/C13H20ClNO2/c1-9(2)7-15(3)8-10-5-11(14)13(16)12(6-10)17-4/h5-6,9,16H,7-8H2,1-4H3. The molecule has 17 heavy (non-hydrogen) atoms. The fourth-order valence-corrected chi connectivity index (χ4v) is 2.11. The van der Waals surface area contributed by atoms with Crippen molar-refractivity contribution in [3.63, 3.8) is 0 Å². The van der Waals surface area contributed by atoms with E-state index in [1.807, 2.05) is 6.07 Å². The van der Waals surface area contributed by atoms with Crippen LogP contribution in [0.3, 0.4) is 0 Å². The second kappa shape index (κ2) is 6.12. The Hall–Kier alpha value is -0.930. The largest absolute Gasteiger partial charge is 0.503 e. The van der Waals surface area contributed by atoms with E-state index in [-0.39, 0.29) is 5.75 Å². The smallest absolute Gasteiger partial charge is 0.176 e. The number of phenolic OH excluding ortho intramolecular Hbond substituents is 1. The Kier molecular flexibility index (Phi) is 5.09. The summed E-state index contributed by atoms with van der Waals surface area (Å²) in [6.45, 7) is 6.16. The fourth-order valence-electron chi connectivity index (χ4n) is 1.87. The predicted octanol–water partition coefficient (Wildman–Crippen LogP) is 3.14. The highest BCUT2D eigenvalue weighted by Crippen LogP contribution is 2.35. The highest BCUT2D eigenvalue weighted by atomic mass is 35.5. The summed E-state index contributed by atoms with van der Waals surface area (Å²) in [6, 6.07) is 3.59. The molecule has 0 aliphatic carbocycles. The van der Waals surface area contributed by atoms with Crippen molar-refractivity contribution < 1.29 is 9.84 Å². The van der Waals surface area contributed by atoms with Crippen LogP contribution in [0.25, 0.3) is 0 Å². The second-order valence-corrected chi connectivity index (χ2v) is 5.13. The lowest BCUT2D eigenvalue weighted by molar-refractivity contribution is 0.287. The van der Waals surface area contributed by atoms with Crippen molar-refractivity contribution in [3.8, 4) is 11.5 Å². The van der Waals surface area contributed by atoms with Gasteiger partial charge in [0.15, 0.2) is 11.5 Å². The first-order chi connectivity index (χ1) is 7.93. The Balaban J connectivity index is 2.81. The average molecular weight is 258 g/mol. The minimum absolute atomic E-state index is 0.00410.